The van der Waals surface area contributed by atoms with Crippen LogP contribution in [0.15, 0.2) is 24.3 Å². The molecule has 0 fully saturated rings. The van der Waals surface area contributed by atoms with Gasteiger partial charge in [-0.3, -0.25) is 10.1 Å². The number of nitrogens with one attached hydrogen (secondary N) is 1. The fourth-order valence-electron chi connectivity index (χ4n) is 1.11. The molecule has 0 aliphatic rings. The lowest BCUT2D eigenvalue weighted by Crippen LogP contribution is -2.23. The Morgan fingerprint density at radius 3 is 2.56 bits per heavy atom. The summed E-state index contributed by atoms with van der Waals surface area (Å²) in [4.78, 5) is 9.92. The van der Waals surface area contributed by atoms with E-state index in [2.05, 4.69) is 5.32 Å². The smallest absolute Gasteiger partial charge is 0.269 e. The Hall–Kier alpha value is -1.66. The highest BCUT2D eigenvalue weighted by Gasteiger charge is 2.03. The number of hydrogen-bond donors (Lipinski definition) is 2. The number of non-ortho nitro benzene ring substituents is 1. The van der Waals surface area contributed by atoms with E-state index < -0.39 is 4.92 Å². The lowest BCUT2D eigenvalue weighted by molar-refractivity contribution is -0.384. The van der Waals surface area contributed by atoms with Gasteiger partial charge in [0, 0.05) is 25.2 Å². The monoisotopic (exact) mass is 226 g/mol. The van der Waals surface area contributed by atoms with Gasteiger partial charge >= 0.3 is 0 Å². The zero-order valence-corrected chi connectivity index (χ0v) is 8.76. The normalized spacial score (nSPS) is 10.1. The molecule has 6 heteroatoms. The van der Waals surface area contributed by atoms with Crippen molar-refractivity contribution in [3.05, 3.63) is 34.4 Å². The minimum Gasteiger partial charge on any atom is -0.492 e. The zero-order chi connectivity index (χ0) is 11.8. The van der Waals surface area contributed by atoms with Gasteiger partial charge in [-0.25, -0.2) is 0 Å². The number of benzene rings is 1. The van der Waals surface area contributed by atoms with Crippen molar-refractivity contribution in [1.82, 2.24) is 5.32 Å². The SMILES string of the molecule is O=[N+]([O-])c1ccc(OCCNCCO)cc1. The third-order valence-electron chi connectivity index (χ3n) is 1.88. The maximum Gasteiger partial charge on any atom is 0.269 e. The Labute approximate surface area is 93.0 Å². The van der Waals surface area contributed by atoms with Crippen LogP contribution in [0.3, 0.4) is 0 Å². The molecule has 0 heterocycles. The van der Waals surface area contributed by atoms with Crippen molar-refractivity contribution in [2.45, 2.75) is 0 Å². The number of nitrogens with zero attached hydrogens (tertiary/aromatic N) is 1. The molecule has 2 N–H and O–H groups in total. The van der Waals surface area contributed by atoms with Gasteiger partial charge < -0.3 is 15.2 Å². The summed E-state index contributed by atoms with van der Waals surface area (Å²) in [6.07, 6.45) is 0. The molecule has 0 atom stereocenters. The Bertz CT molecular complexity index is 326. The van der Waals surface area contributed by atoms with Gasteiger partial charge in [0.1, 0.15) is 12.4 Å². The minimum atomic E-state index is -0.452. The number of aliphatic hydroxyl groups excluding tert-OH is 1. The van der Waals surface area contributed by atoms with E-state index in [0.717, 1.165) is 0 Å². The van der Waals surface area contributed by atoms with E-state index >= 15 is 0 Å². The van der Waals surface area contributed by atoms with Crippen LogP contribution < -0.4 is 10.1 Å². The highest BCUT2D eigenvalue weighted by Crippen LogP contribution is 2.16. The van der Waals surface area contributed by atoms with Gasteiger partial charge in [-0.2, -0.15) is 0 Å². The molecule has 0 amide bonds. The summed E-state index contributed by atoms with van der Waals surface area (Å²) in [5.74, 6) is 0.594. The van der Waals surface area contributed by atoms with Crippen LogP contribution in [-0.4, -0.2) is 36.3 Å². The maximum absolute atomic E-state index is 10.4. The fraction of sp³-hybridized carbons (Fsp3) is 0.400. The number of aliphatic hydroxyl groups is 1. The van der Waals surface area contributed by atoms with Crippen LogP contribution in [-0.2, 0) is 0 Å². The summed E-state index contributed by atoms with van der Waals surface area (Å²) in [6.45, 7) is 1.70. The van der Waals surface area contributed by atoms with Crippen molar-refractivity contribution in [1.29, 1.82) is 0 Å². The predicted octanol–water partition coefficient (Wildman–Crippen LogP) is 0.555. The summed E-state index contributed by atoms with van der Waals surface area (Å²) < 4.78 is 5.32. The van der Waals surface area contributed by atoms with E-state index in [0.29, 0.717) is 25.4 Å². The molecule has 0 aliphatic heterocycles. The topological polar surface area (TPSA) is 84.6 Å². The van der Waals surface area contributed by atoms with E-state index in [1.54, 1.807) is 12.1 Å². The van der Waals surface area contributed by atoms with Crippen LogP contribution >= 0.6 is 0 Å². The van der Waals surface area contributed by atoms with E-state index in [1.165, 1.54) is 12.1 Å². The van der Waals surface area contributed by atoms with Gasteiger partial charge in [0.15, 0.2) is 0 Å². The van der Waals surface area contributed by atoms with Crippen molar-refractivity contribution < 1.29 is 14.8 Å². The summed E-state index contributed by atoms with van der Waals surface area (Å²) in [5, 5.41) is 21.8. The van der Waals surface area contributed by atoms with Crippen LogP contribution in [0.2, 0.25) is 0 Å². The first-order valence-corrected chi connectivity index (χ1v) is 4.93. The number of nitro groups is 1. The summed E-state index contributed by atoms with van der Waals surface area (Å²) in [6, 6.07) is 5.92. The van der Waals surface area contributed by atoms with Gasteiger partial charge in [-0.1, -0.05) is 0 Å². The third-order valence-corrected chi connectivity index (χ3v) is 1.88. The minimum absolute atomic E-state index is 0.0470. The van der Waals surface area contributed by atoms with Gasteiger partial charge in [0.25, 0.3) is 5.69 Å². The van der Waals surface area contributed by atoms with E-state index in [4.69, 9.17) is 9.84 Å². The number of ether oxygens (including phenoxy) is 1. The predicted molar refractivity (Wildman–Crippen MR) is 58.5 cm³/mol. The summed E-state index contributed by atoms with van der Waals surface area (Å²) in [5.41, 5.74) is 0.0470. The summed E-state index contributed by atoms with van der Waals surface area (Å²) in [7, 11) is 0. The second-order valence-corrected chi connectivity index (χ2v) is 3.07. The van der Waals surface area contributed by atoms with Crippen LogP contribution in [0.25, 0.3) is 0 Å². The lowest BCUT2D eigenvalue weighted by Gasteiger charge is -2.06. The van der Waals surface area contributed by atoms with Gasteiger partial charge in [-0.15, -0.1) is 0 Å². The van der Waals surface area contributed by atoms with Crippen molar-refractivity contribution >= 4 is 5.69 Å². The molecule has 0 bridgehead atoms. The average Bonchev–Trinajstić information content (AvgIpc) is 2.29. The van der Waals surface area contributed by atoms with Crippen LogP contribution in [0.4, 0.5) is 5.69 Å². The number of nitro benzene ring substituents is 1. The van der Waals surface area contributed by atoms with Crippen molar-refractivity contribution in [3.8, 4) is 5.75 Å². The van der Waals surface area contributed by atoms with Crippen LogP contribution in [0.5, 0.6) is 5.75 Å². The van der Waals surface area contributed by atoms with Gasteiger partial charge in [0.2, 0.25) is 0 Å². The van der Waals surface area contributed by atoms with Crippen molar-refractivity contribution in [2.75, 3.05) is 26.3 Å². The molecule has 0 aromatic heterocycles. The first kappa shape index (κ1) is 12.4. The van der Waals surface area contributed by atoms with Crippen molar-refractivity contribution in [2.24, 2.45) is 0 Å². The van der Waals surface area contributed by atoms with E-state index in [9.17, 15) is 10.1 Å². The van der Waals surface area contributed by atoms with Gasteiger partial charge in [0.05, 0.1) is 11.5 Å². The molecule has 16 heavy (non-hydrogen) atoms. The largest absolute Gasteiger partial charge is 0.492 e. The maximum atomic E-state index is 10.4. The second-order valence-electron chi connectivity index (χ2n) is 3.07. The van der Waals surface area contributed by atoms with Crippen molar-refractivity contribution in [3.63, 3.8) is 0 Å². The lowest BCUT2D eigenvalue weighted by atomic mass is 10.3. The van der Waals surface area contributed by atoms with E-state index in [-0.39, 0.29) is 12.3 Å². The van der Waals surface area contributed by atoms with Gasteiger partial charge in [-0.05, 0) is 12.1 Å². The average molecular weight is 226 g/mol. The molecule has 1 aromatic carbocycles. The molecule has 0 saturated heterocycles. The molecule has 0 saturated carbocycles. The Kier molecular flexibility index (Phi) is 5.24. The standard InChI is InChI=1S/C10H14N2O4/c13-7-5-11-6-8-16-10-3-1-9(2-4-10)12(14)15/h1-4,11,13H,5-8H2. The summed E-state index contributed by atoms with van der Waals surface area (Å²) >= 11 is 0. The first-order valence-electron chi connectivity index (χ1n) is 4.93. The Morgan fingerprint density at radius 2 is 2.00 bits per heavy atom. The highest BCUT2D eigenvalue weighted by atomic mass is 16.6. The second kappa shape index (κ2) is 6.76. The molecule has 0 unspecified atom stereocenters. The third kappa shape index (κ3) is 4.24. The molecule has 0 aliphatic carbocycles. The van der Waals surface area contributed by atoms with Crippen LogP contribution in [0.1, 0.15) is 0 Å². The highest BCUT2D eigenvalue weighted by molar-refractivity contribution is 5.35. The molecule has 6 nitrogen and oxygen atoms in total. The molecule has 1 rings (SSSR count). The molecule has 0 spiro atoms. The first-order chi connectivity index (χ1) is 7.74. The number of rotatable bonds is 7. The molecular weight excluding hydrogens is 212 g/mol. The molecule has 88 valence electrons. The Balaban J connectivity index is 2.29. The number of hydrogen-bond acceptors (Lipinski definition) is 5. The Morgan fingerprint density at radius 1 is 1.31 bits per heavy atom. The molecule has 0 radical (unpaired) electrons. The fourth-order valence-corrected chi connectivity index (χ4v) is 1.11. The van der Waals surface area contributed by atoms with Crippen LogP contribution in [0, 0.1) is 10.1 Å². The van der Waals surface area contributed by atoms with E-state index in [1.807, 2.05) is 0 Å². The zero-order valence-electron chi connectivity index (χ0n) is 8.76. The quantitative estimate of drug-likeness (QED) is 0.403. The molecular formula is C10H14N2O4. The molecule has 1 aromatic rings.